The number of aryl methyl sites for hydroxylation is 1. The standard InChI is InChI=1S/C13H10INO2/c1-8-5-6-11(14)15-12(8)9-3-2-4-10(7-9)13(16)17/h2-7H,1H3,(H,16,17). The first-order valence-corrected chi connectivity index (χ1v) is 6.12. The molecule has 2 rings (SSSR count). The van der Waals surface area contributed by atoms with E-state index < -0.39 is 5.97 Å². The van der Waals surface area contributed by atoms with E-state index in [0.717, 1.165) is 20.5 Å². The van der Waals surface area contributed by atoms with Crippen LogP contribution in [-0.4, -0.2) is 16.1 Å². The Hall–Kier alpha value is -1.43. The van der Waals surface area contributed by atoms with Crippen LogP contribution in [0.25, 0.3) is 11.3 Å². The number of aromatic nitrogens is 1. The third-order valence-electron chi connectivity index (χ3n) is 2.45. The minimum Gasteiger partial charge on any atom is -0.478 e. The second-order valence-electron chi connectivity index (χ2n) is 3.69. The maximum absolute atomic E-state index is 10.9. The normalized spacial score (nSPS) is 10.2. The van der Waals surface area contributed by atoms with Crippen LogP contribution < -0.4 is 0 Å². The highest BCUT2D eigenvalue weighted by Gasteiger charge is 2.08. The summed E-state index contributed by atoms with van der Waals surface area (Å²) in [5.41, 5.74) is 2.98. The van der Waals surface area contributed by atoms with Gasteiger partial charge < -0.3 is 5.11 Å². The number of carboxylic acid groups (broad SMARTS) is 1. The van der Waals surface area contributed by atoms with Crippen molar-refractivity contribution < 1.29 is 9.90 Å². The van der Waals surface area contributed by atoms with Crippen LogP contribution in [0.2, 0.25) is 0 Å². The summed E-state index contributed by atoms with van der Waals surface area (Å²) in [6, 6.07) is 10.7. The van der Waals surface area contributed by atoms with Crippen LogP contribution in [0.4, 0.5) is 0 Å². The molecule has 0 aliphatic heterocycles. The Morgan fingerprint density at radius 1 is 1.29 bits per heavy atom. The molecule has 2 aromatic rings. The fourth-order valence-corrected chi connectivity index (χ4v) is 2.02. The number of pyridine rings is 1. The maximum atomic E-state index is 10.9. The molecule has 1 heterocycles. The number of hydrogen-bond donors (Lipinski definition) is 1. The Kier molecular flexibility index (Phi) is 3.42. The molecular weight excluding hydrogens is 329 g/mol. The summed E-state index contributed by atoms with van der Waals surface area (Å²) < 4.78 is 0.893. The number of hydrogen-bond acceptors (Lipinski definition) is 2. The van der Waals surface area contributed by atoms with Gasteiger partial charge in [-0.15, -0.1) is 0 Å². The van der Waals surface area contributed by atoms with Gasteiger partial charge in [-0.05, 0) is 53.3 Å². The molecule has 1 N–H and O–H groups in total. The molecule has 86 valence electrons. The van der Waals surface area contributed by atoms with Gasteiger partial charge in [-0.1, -0.05) is 18.2 Å². The molecule has 0 bridgehead atoms. The molecule has 1 aromatic carbocycles. The molecule has 3 nitrogen and oxygen atoms in total. The summed E-state index contributed by atoms with van der Waals surface area (Å²) in [5.74, 6) is -0.921. The van der Waals surface area contributed by atoms with E-state index in [9.17, 15) is 4.79 Å². The molecule has 0 radical (unpaired) electrons. The first-order valence-electron chi connectivity index (χ1n) is 5.05. The summed E-state index contributed by atoms with van der Waals surface area (Å²) >= 11 is 2.14. The minimum atomic E-state index is -0.921. The number of nitrogens with zero attached hydrogens (tertiary/aromatic N) is 1. The quantitative estimate of drug-likeness (QED) is 0.674. The van der Waals surface area contributed by atoms with Gasteiger partial charge in [0, 0.05) is 5.56 Å². The van der Waals surface area contributed by atoms with Crippen LogP contribution in [0.15, 0.2) is 36.4 Å². The van der Waals surface area contributed by atoms with Crippen molar-refractivity contribution in [2.45, 2.75) is 6.92 Å². The van der Waals surface area contributed by atoms with Crippen molar-refractivity contribution in [2.75, 3.05) is 0 Å². The zero-order valence-corrected chi connectivity index (χ0v) is 11.3. The fraction of sp³-hybridized carbons (Fsp3) is 0.0769. The SMILES string of the molecule is Cc1ccc(I)nc1-c1cccc(C(=O)O)c1. The summed E-state index contributed by atoms with van der Waals surface area (Å²) in [6.45, 7) is 1.96. The zero-order chi connectivity index (χ0) is 12.4. The second-order valence-corrected chi connectivity index (χ2v) is 4.79. The Labute approximate surface area is 113 Å². The van der Waals surface area contributed by atoms with E-state index in [2.05, 4.69) is 27.6 Å². The van der Waals surface area contributed by atoms with Crippen LogP contribution in [-0.2, 0) is 0 Å². The van der Waals surface area contributed by atoms with Gasteiger partial charge >= 0.3 is 5.97 Å². The first kappa shape index (κ1) is 12.0. The van der Waals surface area contributed by atoms with Gasteiger partial charge in [-0.2, -0.15) is 0 Å². The average molecular weight is 339 g/mol. The number of rotatable bonds is 2. The highest BCUT2D eigenvalue weighted by Crippen LogP contribution is 2.23. The van der Waals surface area contributed by atoms with E-state index >= 15 is 0 Å². The van der Waals surface area contributed by atoms with E-state index in [-0.39, 0.29) is 5.56 Å². The van der Waals surface area contributed by atoms with Crippen LogP contribution >= 0.6 is 22.6 Å². The largest absolute Gasteiger partial charge is 0.478 e. The third kappa shape index (κ3) is 2.63. The van der Waals surface area contributed by atoms with Crippen molar-refractivity contribution in [3.63, 3.8) is 0 Å². The van der Waals surface area contributed by atoms with E-state index in [1.54, 1.807) is 18.2 Å². The van der Waals surface area contributed by atoms with Crippen molar-refractivity contribution in [3.8, 4) is 11.3 Å². The highest BCUT2D eigenvalue weighted by atomic mass is 127. The highest BCUT2D eigenvalue weighted by molar-refractivity contribution is 14.1. The molecular formula is C13H10INO2. The van der Waals surface area contributed by atoms with Gasteiger partial charge in [0.2, 0.25) is 0 Å². The van der Waals surface area contributed by atoms with Crippen molar-refractivity contribution in [1.82, 2.24) is 4.98 Å². The molecule has 17 heavy (non-hydrogen) atoms. The van der Waals surface area contributed by atoms with Crippen molar-refractivity contribution >= 4 is 28.6 Å². The number of halogens is 1. The molecule has 0 unspecified atom stereocenters. The first-order chi connectivity index (χ1) is 8.08. The van der Waals surface area contributed by atoms with Crippen LogP contribution in [0, 0.1) is 10.6 Å². The van der Waals surface area contributed by atoms with Gasteiger partial charge in [-0.3, -0.25) is 0 Å². The lowest BCUT2D eigenvalue weighted by Crippen LogP contribution is -1.97. The zero-order valence-electron chi connectivity index (χ0n) is 9.14. The monoisotopic (exact) mass is 339 g/mol. The molecule has 0 saturated heterocycles. The molecule has 4 heteroatoms. The Morgan fingerprint density at radius 3 is 2.76 bits per heavy atom. The van der Waals surface area contributed by atoms with E-state index in [4.69, 9.17) is 5.11 Å². The Balaban J connectivity index is 2.56. The number of aromatic carboxylic acids is 1. The predicted octanol–water partition coefficient (Wildman–Crippen LogP) is 3.36. The van der Waals surface area contributed by atoms with E-state index in [1.165, 1.54) is 0 Å². The van der Waals surface area contributed by atoms with Gasteiger partial charge in [0.05, 0.1) is 11.3 Å². The summed E-state index contributed by atoms with van der Waals surface area (Å²) in [5, 5.41) is 8.96. The Bertz CT molecular complexity index is 581. The summed E-state index contributed by atoms with van der Waals surface area (Å²) in [7, 11) is 0. The summed E-state index contributed by atoms with van der Waals surface area (Å²) in [4.78, 5) is 15.4. The second kappa shape index (κ2) is 4.83. The number of carbonyl (C=O) groups is 1. The van der Waals surface area contributed by atoms with Gasteiger partial charge in [0.15, 0.2) is 0 Å². The lowest BCUT2D eigenvalue weighted by atomic mass is 10.0. The average Bonchev–Trinajstić information content (AvgIpc) is 2.32. The van der Waals surface area contributed by atoms with Gasteiger partial charge in [0.1, 0.15) is 3.70 Å². The molecule has 0 aliphatic rings. The number of carboxylic acids is 1. The minimum absolute atomic E-state index is 0.280. The van der Waals surface area contributed by atoms with Gasteiger partial charge in [-0.25, -0.2) is 9.78 Å². The molecule has 0 saturated carbocycles. The molecule has 0 atom stereocenters. The fourth-order valence-electron chi connectivity index (χ4n) is 1.60. The predicted molar refractivity (Wildman–Crippen MR) is 74.1 cm³/mol. The smallest absolute Gasteiger partial charge is 0.335 e. The van der Waals surface area contributed by atoms with Gasteiger partial charge in [0.25, 0.3) is 0 Å². The van der Waals surface area contributed by atoms with Crippen LogP contribution in [0.3, 0.4) is 0 Å². The van der Waals surface area contributed by atoms with Crippen LogP contribution in [0.5, 0.6) is 0 Å². The third-order valence-corrected chi connectivity index (χ3v) is 3.05. The molecule has 0 spiro atoms. The number of benzene rings is 1. The lowest BCUT2D eigenvalue weighted by Gasteiger charge is -2.06. The van der Waals surface area contributed by atoms with E-state index in [1.807, 2.05) is 25.1 Å². The van der Waals surface area contributed by atoms with Crippen molar-refractivity contribution in [1.29, 1.82) is 0 Å². The van der Waals surface area contributed by atoms with Crippen molar-refractivity contribution in [3.05, 3.63) is 51.2 Å². The summed E-state index contributed by atoms with van der Waals surface area (Å²) in [6.07, 6.45) is 0. The molecule has 0 amide bonds. The van der Waals surface area contributed by atoms with E-state index in [0.29, 0.717) is 0 Å². The molecule has 1 aromatic heterocycles. The lowest BCUT2D eigenvalue weighted by molar-refractivity contribution is 0.0697. The maximum Gasteiger partial charge on any atom is 0.335 e. The molecule has 0 aliphatic carbocycles. The van der Waals surface area contributed by atoms with Crippen molar-refractivity contribution in [2.24, 2.45) is 0 Å². The Morgan fingerprint density at radius 2 is 2.06 bits per heavy atom. The topological polar surface area (TPSA) is 50.2 Å². The van der Waals surface area contributed by atoms with Crippen LogP contribution in [0.1, 0.15) is 15.9 Å². The molecule has 0 fully saturated rings.